The highest BCUT2D eigenvalue weighted by Crippen LogP contribution is 2.33. The molecule has 34 heavy (non-hydrogen) atoms. The lowest BCUT2D eigenvalue weighted by Crippen LogP contribution is -2.46. The lowest BCUT2D eigenvalue weighted by molar-refractivity contribution is -0.138. The van der Waals surface area contributed by atoms with Gasteiger partial charge in [-0.2, -0.15) is 13.2 Å². The van der Waals surface area contributed by atoms with Crippen molar-refractivity contribution in [2.75, 3.05) is 26.2 Å². The van der Waals surface area contributed by atoms with E-state index >= 15 is 0 Å². The fraction of sp³-hybridized carbons (Fsp3) is 0.462. The van der Waals surface area contributed by atoms with E-state index in [1.54, 1.807) is 23.1 Å². The summed E-state index contributed by atoms with van der Waals surface area (Å²) in [4.78, 5) is 29.6. The van der Waals surface area contributed by atoms with Crippen molar-refractivity contribution in [3.63, 3.8) is 0 Å². The molecule has 182 valence electrons. The summed E-state index contributed by atoms with van der Waals surface area (Å²) < 4.78 is 44.4. The number of amides is 2. The molecule has 2 aliphatic rings. The first kappa shape index (κ1) is 24.1. The van der Waals surface area contributed by atoms with Gasteiger partial charge in [0.15, 0.2) is 0 Å². The number of hydrogen-bond donors (Lipinski definition) is 0. The molecule has 2 saturated heterocycles. The number of benzene rings is 2. The van der Waals surface area contributed by atoms with Crippen molar-refractivity contribution in [1.29, 1.82) is 0 Å². The molecule has 2 aromatic rings. The van der Waals surface area contributed by atoms with E-state index in [0.717, 1.165) is 38.1 Å². The summed E-state index contributed by atoms with van der Waals surface area (Å²) in [5, 5.41) is 0. The molecule has 5 nitrogen and oxygen atoms in total. The number of carbonyl (C=O) groups excluding carboxylic acids is 2. The van der Waals surface area contributed by atoms with Crippen molar-refractivity contribution in [2.45, 2.75) is 38.8 Å². The normalized spacial score (nSPS) is 18.1. The second-order valence-corrected chi connectivity index (χ2v) is 9.23. The van der Waals surface area contributed by atoms with Crippen LogP contribution in [0, 0.1) is 11.8 Å². The third-order valence-electron chi connectivity index (χ3n) is 6.70. The van der Waals surface area contributed by atoms with Crippen molar-refractivity contribution in [3.8, 4) is 11.5 Å². The first-order chi connectivity index (χ1) is 16.2. The fourth-order valence-electron chi connectivity index (χ4n) is 4.56. The Kier molecular flexibility index (Phi) is 7.14. The fourth-order valence-corrected chi connectivity index (χ4v) is 4.56. The van der Waals surface area contributed by atoms with Gasteiger partial charge < -0.3 is 14.5 Å². The quantitative estimate of drug-likeness (QED) is 0.579. The molecule has 2 amide bonds. The van der Waals surface area contributed by atoms with Crippen molar-refractivity contribution < 1.29 is 27.5 Å². The van der Waals surface area contributed by atoms with Crippen LogP contribution in [0.2, 0.25) is 0 Å². The van der Waals surface area contributed by atoms with Gasteiger partial charge in [0.05, 0.1) is 5.56 Å². The number of piperidine rings is 2. The molecule has 4 rings (SSSR count). The number of ether oxygens (including phenoxy) is 1. The minimum atomic E-state index is -4.46. The van der Waals surface area contributed by atoms with Gasteiger partial charge in [-0.15, -0.1) is 0 Å². The number of carbonyl (C=O) groups is 2. The predicted octanol–water partition coefficient (Wildman–Crippen LogP) is 5.61. The van der Waals surface area contributed by atoms with E-state index in [9.17, 15) is 22.8 Å². The van der Waals surface area contributed by atoms with Gasteiger partial charge >= 0.3 is 6.18 Å². The first-order valence-corrected chi connectivity index (χ1v) is 11.7. The Morgan fingerprint density at radius 1 is 0.853 bits per heavy atom. The summed E-state index contributed by atoms with van der Waals surface area (Å²) in [7, 11) is 0. The molecular formula is C26H29F3N2O3. The van der Waals surface area contributed by atoms with Gasteiger partial charge in [-0.1, -0.05) is 19.1 Å². The maximum atomic E-state index is 13.0. The number of halogens is 3. The Morgan fingerprint density at radius 3 is 2.09 bits per heavy atom. The van der Waals surface area contributed by atoms with Gasteiger partial charge in [0.25, 0.3) is 5.91 Å². The molecule has 8 heteroatoms. The molecule has 0 aliphatic carbocycles. The Bertz CT molecular complexity index is 1020. The van der Waals surface area contributed by atoms with Crippen molar-refractivity contribution in [2.24, 2.45) is 11.8 Å². The highest BCUT2D eigenvalue weighted by molar-refractivity contribution is 5.94. The van der Waals surface area contributed by atoms with E-state index in [0.29, 0.717) is 37.4 Å². The minimum absolute atomic E-state index is 0.0471. The zero-order valence-corrected chi connectivity index (χ0v) is 19.2. The van der Waals surface area contributed by atoms with Gasteiger partial charge in [-0.05, 0) is 68.0 Å². The Hall–Kier alpha value is -3.03. The minimum Gasteiger partial charge on any atom is -0.457 e. The average molecular weight is 475 g/mol. The summed E-state index contributed by atoms with van der Waals surface area (Å²) in [5.74, 6) is 0.980. The summed E-state index contributed by atoms with van der Waals surface area (Å²) in [6.45, 7) is 4.84. The van der Waals surface area contributed by atoms with Gasteiger partial charge in [-0.3, -0.25) is 9.59 Å². The van der Waals surface area contributed by atoms with E-state index < -0.39 is 11.7 Å². The van der Waals surface area contributed by atoms with Crippen LogP contribution in [0.15, 0.2) is 48.5 Å². The van der Waals surface area contributed by atoms with E-state index in [-0.39, 0.29) is 29.2 Å². The van der Waals surface area contributed by atoms with E-state index in [2.05, 4.69) is 6.92 Å². The molecule has 0 radical (unpaired) electrons. The largest absolute Gasteiger partial charge is 0.457 e. The molecule has 0 spiro atoms. The lowest BCUT2D eigenvalue weighted by atomic mass is 9.92. The maximum absolute atomic E-state index is 13.0. The SMILES string of the molecule is CC1CCN(C(=O)C2CCN(C(=O)c3cccc(Oc4cccc(C(F)(F)F)c4)c3)CC2)CC1. The Balaban J connectivity index is 1.35. The summed E-state index contributed by atoms with van der Waals surface area (Å²) in [6, 6.07) is 11.1. The number of nitrogens with zero attached hydrogens (tertiary/aromatic N) is 2. The molecule has 0 atom stereocenters. The molecule has 0 saturated carbocycles. The van der Waals surface area contributed by atoms with Crippen LogP contribution in [0.4, 0.5) is 13.2 Å². The highest BCUT2D eigenvalue weighted by atomic mass is 19.4. The molecule has 0 N–H and O–H groups in total. The first-order valence-electron chi connectivity index (χ1n) is 11.7. The molecule has 2 fully saturated rings. The van der Waals surface area contributed by atoms with Crippen LogP contribution in [0.1, 0.15) is 48.5 Å². The van der Waals surface area contributed by atoms with E-state index in [4.69, 9.17) is 4.74 Å². The summed E-state index contributed by atoms with van der Waals surface area (Å²) >= 11 is 0. The van der Waals surface area contributed by atoms with E-state index in [1.807, 2.05) is 4.90 Å². The van der Waals surface area contributed by atoms with Gasteiger partial charge in [-0.25, -0.2) is 0 Å². The smallest absolute Gasteiger partial charge is 0.416 e. The van der Waals surface area contributed by atoms with Crippen LogP contribution < -0.4 is 4.74 Å². The number of hydrogen-bond acceptors (Lipinski definition) is 3. The molecule has 2 aliphatic heterocycles. The van der Waals surface area contributed by atoms with Crippen LogP contribution in [0.5, 0.6) is 11.5 Å². The van der Waals surface area contributed by atoms with Gasteiger partial charge in [0.1, 0.15) is 11.5 Å². The molecular weight excluding hydrogens is 445 g/mol. The lowest BCUT2D eigenvalue weighted by Gasteiger charge is -2.36. The number of alkyl halides is 3. The van der Waals surface area contributed by atoms with Crippen LogP contribution >= 0.6 is 0 Å². The zero-order chi connectivity index (χ0) is 24.3. The van der Waals surface area contributed by atoms with Crippen molar-refractivity contribution >= 4 is 11.8 Å². The molecule has 2 aromatic carbocycles. The van der Waals surface area contributed by atoms with Gasteiger partial charge in [0.2, 0.25) is 5.91 Å². The third kappa shape index (κ3) is 5.72. The number of likely N-dealkylation sites (tertiary alicyclic amines) is 2. The second-order valence-electron chi connectivity index (χ2n) is 9.23. The maximum Gasteiger partial charge on any atom is 0.416 e. The second kappa shape index (κ2) is 10.1. The summed E-state index contributed by atoms with van der Waals surface area (Å²) in [6.07, 6.45) is -1.10. The Morgan fingerprint density at radius 2 is 1.44 bits per heavy atom. The van der Waals surface area contributed by atoms with Crippen LogP contribution in [0.25, 0.3) is 0 Å². The monoisotopic (exact) mass is 474 g/mol. The van der Waals surface area contributed by atoms with Gasteiger partial charge in [0, 0.05) is 37.7 Å². The molecule has 0 unspecified atom stereocenters. The number of rotatable bonds is 4. The van der Waals surface area contributed by atoms with Crippen molar-refractivity contribution in [3.05, 3.63) is 59.7 Å². The third-order valence-corrected chi connectivity index (χ3v) is 6.70. The summed E-state index contributed by atoms with van der Waals surface area (Å²) in [5.41, 5.74) is -0.395. The van der Waals surface area contributed by atoms with Crippen LogP contribution in [0.3, 0.4) is 0 Å². The molecule has 0 aromatic heterocycles. The van der Waals surface area contributed by atoms with E-state index in [1.165, 1.54) is 18.2 Å². The topological polar surface area (TPSA) is 49.9 Å². The van der Waals surface area contributed by atoms with Crippen LogP contribution in [-0.4, -0.2) is 47.8 Å². The van der Waals surface area contributed by atoms with Crippen LogP contribution in [-0.2, 0) is 11.0 Å². The zero-order valence-electron chi connectivity index (χ0n) is 19.2. The van der Waals surface area contributed by atoms with Crippen molar-refractivity contribution in [1.82, 2.24) is 9.80 Å². The highest BCUT2D eigenvalue weighted by Gasteiger charge is 2.32. The Labute approximate surface area is 197 Å². The average Bonchev–Trinajstić information content (AvgIpc) is 2.83. The predicted molar refractivity (Wildman–Crippen MR) is 122 cm³/mol. The molecule has 0 bridgehead atoms. The standard InChI is InChI=1S/C26H29F3N2O3/c1-18-8-12-30(13-9-18)24(32)19-10-14-31(15-11-19)25(33)20-4-2-6-22(16-20)34-23-7-3-5-21(17-23)26(27,28)29/h2-7,16-19H,8-15H2,1H3. The molecule has 2 heterocycles.